The number of rotatable bonds is 14. The lowest BCUT2D eigenvalue weighted by atomic mass is 10.1. The molecule has 52 heavy (non-hydrogen) atoms. The molecule has 0 radical (unpaired) electrons. The van der Waals surface area contributed by atoms with Crippen LogP contribution in [0.15, 0.2) is 28.5 Å². The maximum absolute atomic E-state index is 14.1. The van der Waals surface area contributed by atoms with Crippen molar-refractivity contribution >= 4 is 58.2 Å². The van der Waals surface area contributed by atoms with E-state index in [9.17, 15) is 24.3 Å². The number of aromatic nitrogens is 7. The van der Waals surface area contributed by atoms with Gasteiger partial charge in [-0.2, -0.15) is 0 Å². The number of aliphatic hydroxyl groups excluding tert-OH is 1. The number of methoxy groups -OCH3 is 1. The van der Waals surface area contributed by atoms with Gasteiger partial charge in [-0.05, 0) is 60.4 Å². The Hall–Kier alpha value is -5.27. The van der Waals surface area contributed by atoms with Crippen molar-refractivity contribution < 1.29 is 33.4 Å². The first-order valence-corrected chi connectivity index (χ1v) is 17.9. The highest BCUT2D eigenvalue weighted by molar-refractivity contribution is 7.14. The third-order valence-corrected chi connectivity index (χ3v) is 9.36. The fourth-order valence-corrected chi connectivity index (χ4v) is 6.35. The van der Waals surface area contributed by atoms with Crippen LogP contribution in [-0.2, 0) is 15.9 Å². The molecule has 0 aliphatic carbocycles. The number of fused-ring (bicyclic) bond motifs is 1. The van der Waals surface area contributed by atoms with Gasteiger partial charge in [-0.3, -0.25) is 19.3 Å². The monoisotopic (exact) mass is 738 g/mol. The summed E-state index contributed by atoms with van der Waals surface area (Å²) in [6, 6.07) is 3.05. The van der Waals surface area contributed by atoms with Crippen molar-refractivity contribution in [2.45, 2.75) is 45.1 Å². The molecule has 0 unspecified atom stereocenters. The van der Waals surface area contributed by atoms with Gasteiger partial charge in [-0.25, -0.2) is 19.6 Å². The van der Waals surface area contributed by atoms with Crippen LogP contribution in [0.1, 0.15) is 60.0 Å². The van der Waals surface area contributed by atoms with Gasteiger partial charge in [0.1, 0.15) is 24.1 Å². The summed E-state index contributed by atoms with van der Waals surface area (Å²) in [4.78, 5) is 63.4. The number of aliphatic hydroxyl groups is 1. The molecule has 3 N–H and O–H groups in total. The number of nitrogens with zero attached hydrogens (tertiary/aromatic N) is 9. The van der Waals surface area contributed by atoms with Gasteiger partial charge in [0.15, 0.2) is 11.0 Å². The zero-order valence-electron chi connectivity index (χ0n) is 29.6. The second kappa shape index (κ2) is 17.3. The first-order valence-electron chi connectivity index (χ1n) is 17.0. The molecule has 4 aromatic rings. The molecular formula is C33H44N11O7S+. The van der Waals surface area contributed by atoms with Crippen LogP contribution in [0.2, 0.25) is 0 Å². The van der Waals surface area contributed by atoms with Gasteiger partial charge in [0.05, 0.1) is 58.7 Å². The summed E-state index contributed by atoms with van der Waals surface area (Å²) in [6.45, 7) is 4.42. The lowest BCUT2D eigenvalue weighted by molar-refractivity contribution is -0.889. The number of aryl methyl sites for hydroxylation is 1. The number of amides is 2. The molecule has 19 heteroatoms. The first-order chi connectivity index (χ1) is 25.0. The molecule has 5 rings (SSSR count). The Kier molecular flexibility index (Phi) is 12.6. The molecule has 1 aliphatic heterocycles. The smallest absolute Gasteiger partial charge is 0.437 e. The Balaban J connectivity index is 1.42. The quantitative estimate of drug-likeness (QED) is 0.126. The van der Waals surface area contributed by atoms with Gasteiger partial charge >= 0.3 is 12.2 Å². The number of unbranched alkanes of at least 4 members (excludes halogenated alkanes) is 1. The average molecular weight is 739 g/mol. The summed E-state index contributed by atoms with van der Waals surface area (Å²) in [6.07, 6.45) is 6.57. The molecule has 4 aromatic heterocycles. The minimum atomic E-state index is -0.816. The molecule has 0 bridgehead atoms. The predicted octanol–water partition coefficient (Wildman–Crippen LogP) is 2.28. The molecule has 2 amide bonds. The van der Waals surface area contributed by atoms with E-state index in [1.807, 2.05) is 24.4 Å². The van der Waals surface area contributed by atoms with Crippen LogP contribution in [0, 0.1) is 0 Å². The summed E-state index contributed by atoms with van der Waals surface area (Å²) in [7, 11) is 5.12. The standard InChI is InChI=1S/C33H43N11O7S/c1-5-6-8-23-21-52-31(35-23)37-29(46)22-12-15-42-27(19-22)36-28(25(30(42)47)10-11-26-38-39-40-43(26)33(49)50-4)41-14-7-9-24(20-41)51-32(48)34-13-16-44(2,3)17-18-45/h10-12,15,19,21,24,45H,5-9,13-14,16-18,20H2,1-4H3,(H-,34,35,37,46,48)/p+1/t24-/m1/s1. The molecule has 1 fully saturated rings. The number of pyridine rings is 1. The molecule has 18 nitrogen and oxygen atoms in total. The number of likely N-dealkylation sites (N-methyl/N-ethyl adjacent to an activating group) is 1. The predicted molar refractivity (Wildman–Crippen MR) is 193 cm³/mol. The SMILES string of the molecule is CCCCc1csc(NC(=O)c2ccn3c(=O)c(C=Cc4nnnn4C(=O)OC)c(N4CCC[C@@H](OC(=O)NCC[N+](C)(C)CCO)C4)nc3c2)n1. The van der Waals surface area contributed by atoms with E-state index in [0.29, 0.717) is 48.6 Å². The Labute approximate surface area is 303 Å². The summed E-state index contributed by atoms with van der Waals surface area (Å²) >= 11 is 1.35. The number of tetrazole rings is 1. The maximum Gasteiger partial charge on any atom is 0.437 e. The van der Waals surface area contributed by atoms with E-state index in [0.717, 1.165) is 29.6 Å². The molecule has 0 aromatic carbocycles. The topological polar surface area (TPSA) is 208 Å². The van der Waals surface area contributed by atoms with Crippen molar-refractivity contribution in [1.82, 2.24) is 39.9 Å². The number of nitrogens with one attached hydrogen (secondary N) is 2. The normalized spacial score (nSPS) is 14.9. The van der Waals surface area contributed by atoms with Crippen molar-refractivity contribution in [3.05, 3.63) is 56.7 Å². The Morgan fingerprint density at radius 2 is 2.02 bits per heavy atom. The van der Waals surface area contributed by atoms with Crippen molar-refractivity contribution in [1.29, 1.82) is 0 Å². The van der Waals surface area contributed by atoms with Gasteiger partial charge in [-0.1, -0.05) is 13.3 Å². The van der Waals surface area contributed by atoms with E-state index < -0.39 is 29.8 Å². The Morgan fingerprint density at radius 1 is 1.19 bits per heavy atom. The molecule has 278 valence electrons. The minimum Gasteiger partial charge on any atom is -0.451 e. The highest BCUT2D eigenvalue weighted by Crippen LogP contribution is 2.25. The first kappa shape index (κ1) is 38.0. The number of carbonyl (C=O) groups is 3. The molecule has 1 saturated heterocycles. The van der Waals surface area contributed by atoms with E-state index in [2.05, 4.69) is 38.1 Å². The van der Waals surface area contributed by atoms with Crippen LogP contribution in [0.5, 0.6) is 0 Å². The number of quaternary nitrogens is 1. The Morgan fingerprint density at radius 3 is 2.79 bits per heavy atom. The van der Waals surface area contributed by atoms with Crippen LogP contribution >= 0.6 is 11.3 Å². The zero-order chi connectivity index (χ0) is 37.3. The van der Waals surface area contributed by atoms with E-state index in [4.69, 9.17) is 14.5 Å². The molecule has 5 heterocycles. The zero-order valence-corrected chi connectivity index (χ0v) is 30.5. The second-order valence-corrected chi connectivity index (χ2v) is 13.8. The van der Waals surface area contributed by atoms with Crippen molar-refractivity contribution in [3.8, 4) is 0 Å². The van der Waals surface area contributed by atoms with Crippen molar-refractivity contribution in [3.63, 3.8) is 0 Å². The van der Waals surface area contributed by atoms with Crippen molar-refractivity contribution in [2.75, 3.05) is 70.8 Å². The third-order valence-electron chi connectivity index (χ3n) is 8.55. The molecule has 0 saturated carbocycles. The number of carbonyl (C=O) groups excluding carboxylic acids is 3. The third kappa shape index (κ3) is 9.53. The van der Waals surface area contributed by atoms with Gasteiger partial charge in [0, 0.05) is 23.7 Å². The lowest BCUT2D eigenvalue weighted by Crippen LogP contribution is -2.48. The van der Waals surface area contributed by atoms with Crippen molar-refractivity contribution in [2.24, 2.45) is 0 Å². The van der Waals surface area contributed by atoms with E-state index in [1.54, 1.807) is 0 Å². The number of piperidine rings is 1. The summed E-state index contributed by atoms with van der Waals surface area (Å²) in [5.74, 6) is -0.0934. The summed E-state index contributed by atoms with van der Waals surface area (Å²) in [5.41, 5.74) is 1.12. The Bertz CT molecular complexity index is 1970. The largest absolute Gasteiger partial charge is 0.451 e. The molecule has 1 atom stereocenters. The summed E-state index contributed by atoms with van der Waals surface area (Å²) in [5, 5.41) is 28.3. The minimum absolute atomic E-state index is 0.0201. The number of anilines is 2. The number of ether oxygens (including phenoxy) is 2. The molecule has 1 aliphatic rings. The fraction of sp³-hybridized carbons (Fsp3) is 0.485. The van der Waals surface area contributed by atoms with E-state index in [-0.39, 0.29) is 41.6 Å². The van der Waals surface area contributed by atoms with Crippen LogP contribution < -0.4 is 21.1 Å². The second-order valence-electron chi connectivity index (χ2n) is 12.9. The number of thiazole rings is 1. The highest BCUT2D eigenvalue weighted by atomic mass is 32.1. The lowest BCUT2D eigenvalue weighted by Gasteiger charge is -2.34. The maximum atomic E-state index is 14.1. The van der Waals surface area contributed by atoms with Crippen LogP contribution in [0.25, 0.3) is 17.8 Å². The van der Waals surface area contributed by atoms with Gasteiger partial charge in [0.25, 0.3) is 11.5 Å². The molecular weight excluding hydrogens is 694 g/mol. The van der Waals surface area contributed by atoms with Crippen LogP contribution in [-0.4, -0.2) is 129 Å². The summed E-state index contributed by atoms with van der Waals surface area (Å²) < 4.78 is 13.2. The van der Waals surface area contributed by atoms with Gasteiger partial charge < -0.3 is 29.3 Å². The number of hydrogen-bond donors (Lipinski definition) is 3. The van der Waals surface area contributed by atoms with Gasteiger partial charge in [-0.15, -0.1) is 21.1 Å². The van der Waals surface area contributed by atoms with Crippen LogP contribution in [0.3, 0.4) is 0 Å². The number of hydrogen-bond acceptors (Lipinski definition) is 14. The van der Waals surface area contributed by atoms with Gasteiger partial charge in [0.2, 0.25) is 0 Å². The van der Waals surface area contributed by atoms with Crippen LogP contribution in [0.4, 0.5) is 20.5 Å². The van der Waals surface area contributed by atoms with E-state index >= 15 is 0 Å². The van der Waals surface area contributed by atoms with E-state index in [1.165, 1.54) is 53.3 Å². The highest BCUT2D eigenvalue weighted by Gasteiger charge is 2.27. The molecule has 0 spiro atoms. The average Bonchev–Trinajstić information content (AvgIpc) is 3.79. The fourth-order valence-electron chi connectivity index (χ4n) is 5.61. The number of alkyl carbamates (subject to hydrolysis) is 1.